The molecule has 90 valence electrons. The number of fused-ring (bicyclic) bond motifs is 5. The van der Waals surface area contributed by atoms with Crippen LogP contribution in [0.2, 0.25) is 0 Å². The molecule has 0 fully saturated rings. The Labute approximate surface area is 108 Å². The smallest absolute Gasteiger partial charge is 0.0697 e. The van der Waals surface area contributed by atoms with Crippen LogP contribution >= 0.6 is 0 Å². The van der Waals surface area contributed by atoms with Crippen LogP contribution in [0.1, 0.15) is 30.5 Å². The van der Waals surface area contributed by atoms with Crippen LogP contribution in [0.3, 0.4) is 0 Å². The van der Waals surface area contributed by atoms with Crippen molar-refractivity contribution in [2.24, 2.45) is 0 Å². The monoisotopic (exact) mass is 235 g/mol. The zero-order valence-electron chi connectivity index (χ0n) is 10.8. The van der Waals surface area contributed by atoms with E-state index in [2.05, 4.69) is 67.7 Å². The van der Waals surface area contributed by atoms with Crippen molar-refractivity contribution in [3.05, 3.63) is 65.2 Å². The van der Waals surface area contributed by atoms with Crippen molar-refractivity contribution in [3.8, 4) is 0 Å². The average Bonchev–Trinajstić information content (AvgIpc) is 2.73. The van der Waals surface area contributed by atoms with Gasteiger partial charge in [0.25, 0.3) is 0 Å². The normalized spacial score (nSPS) is 31.4. The minimum absolute atomic E-state index is 0.0350. The fourth-order valence-corrected chi connectivity index (χ4v) is 3.93. The first-order valence-corrected chi connectivity index (χ1v) is 6.61. The van der Waals surface area contributed by atoms with E-state index in [4.69, 9.17) is 0 Å². The van der Waals surface area contributed by atoms with Gasteiger partial charge in [-0.25, -0.2) is 0 Å². The minimum atomic E-state index is 0.0350. The van der Waals surface area contributed by atoms with Gasteiger partial charge in [-0.15, -0.1) is 0 Å². The molecule has 0 saturated heterocycles. The van der Waals surface area contributed by atoms with Crippen molar-refractivity contribution in [1.29, 1.82) is 0 Å². The standard InChI is InChI=1S/C17H17N/c1-16-11-12-7-3-4-8-13(12)17(16,2)18-15-10-6-5-9-14(15)16/h3-10,18H,11H2,1-2H3/t16-,17-/m0/s1. The summed E-state index contributed by atoms with van der Waals surface area (Å²) in [7, 11) is 0. The van der Waals surface area contributed by atoms with Gasteiger partial charge in [-0.05, 0) is 36.1 Å². The molecule has 0 unspecified atom stereocenters. The molecule has 0 amide bonds. The lowest BCUT2D eigenvalue weighted by molar-refractivity contribution is 0.341. The van der Waals surface area contributed by atoms with Crippen molar-refractivity contribution >= 4 is 5.69 Å². The van der Waals surface area contributed by atoms with E-state index in [0.29, 0.717) is 0 Å². The number of hydrogen-bond donors (Lipinski definition) is 1. The zero-order valence-corrected chi connectivity index (χ0v) is 10.8. The lowest BCUT2D eigenvalue weighted by Crippen LogP contribution is -2.42. The van der Waals surface area contributed by atoms with Gasteiger partial charge in [0, 0.05) is 11.1 Å². The highest BCUT2D eigenvalue weighted by molar-refractivity contribution is 5.69. The molecular formula is C17H17N. The van der Waals surface area contributed by atoms with Gasteiger partial charge in [-0.2, -0.15) is 0 Å². The Bertz CT molecular complexity index is 588. The van der Waals surface area contributed by atoms with Crippen molar-refractivity contribution < 1.29 is 0 Å². The van der Waals surface area contributed by atoms with Crippen molar-refractivity contribution in [2.45, 2.75) is 31.2 Å². The van der Waals surface area contributed by atoms with Gasteiger partial charge < -0.3 is 5.32 Å². The summed E-state index contributed by atoms with van der Waals surface area (Å²) < 4.78 is 0. The van der Waals surface area contributed by atoms with Gasteiger partial charge in [0.2, 0.25) is 0 Å². The molecule has 1 heteroatoms. The Kier molecular flexibility index (Phi) is 1.68. The summed E-state index contributed by atoms with van der Waals surface area (Å²) in [6.07, 6.45) is 1.13. The van der Waals surface area contributed by atoms with Crippen LogP contribution in [-0.2, 0) is 17.4 Å². The third-order valence-corrected chi connectivity index (χ3v) is 5.11. The Morgan fingerprint density at radius 3 is 2.39 bits per heavy atom. The molecule has 2 atom stereocenters. The summed E-state index contributed by atoms with van der Waals surface area (Å²) in [6, 6.07) is 17.6. The summed E-state index contributed by atoms with van der Waals surface area (Å²) in [6.45, 7) is 4.74. The van der Waals surface area contributed by atoms with E-state index in [1.165, 1.54) is 22.4 Å². The number of nitrogens with one attached hydrogen (secondary N) is 1. The van der Waals surface area contributed by atoms with E-state index in [1.54, 1.807) is 0 Å². The lowest BCUT2D eigenvalue weighted by Gasteiger charge is -2.35. The molecule has 0 aromatic heterocycles. The molecule has 4 rings (SSSR count). The highest BCUT2D eigenvalue weighted by Gasteiger charge is 2.57. The predicted molar refractivity (Wildman–Crippen MR) is 74.9 cm³/mol. The molecule has 2 aromatic carbocycles. The number of benzene rings is 2. The molecule has 1 N–H and O–H groups in total. The first-order valence-electron chi connectivity index (χ1n) is 6.61. The molecule has 1 aliphatic heterocycles. The summed E-state index contributed by atoms with van der Waals surface area (Å²) in [5.74, 6) is 0. The van der Waals surface area contributed by atoms with Gasteiger partial charge in [0.1, 0.15) is 0 Å². The van der Waals surface area contributed by atoms with Crippen LogP contribution < -0.4 is 5.32 Å². The van der Waals surface area contributed by atoms with Crippen molar-refractivity contribution in [2.75, 3.05) is 5.32 Å². The highest BCUT2D eigenvalue weighted by Crippen LogP contribution is 2.58. The predicted octanol–water partition coefficient (Wildman–Crippen LogP) is 3.84. The minimum Gasteiger partial charge on any atom is -0.375 e. The first kappa shape index (κ1) is 10.2. The summed E-state index contributed by atoms with van der Waals surface area (Å²) >= 11 is 0. The molecule has 1 aliphatic carbocycles. The maximum atomic E-state index is 3.77. The van der Waals surface area contributed by atoms with Gasteiger partial charge in [0.15, 0.2) is 0 Å². The quantitative estimate of drug-likeness (QED) is 0.731. The maximum absolute atomic E-state index is 3.77. The number of anilines is 1. The summed E-state index contributed by atoms with van der Waals surface area (Å²) in [4.78, 5) is 0. The Morgan fingerprint density at radius 2 is 1.56 bits per heavy atom. The molecule has 0 saturated carbocycles. The van der Waals surface area contributed by atoms with Crippen LogP contribution in [-0.4, -0.2) is 0 Å². The Balaban J connectivity index is 2.00. The molecule has 0 bridgehead atoms. The van der Waals surface area contributed by atoms with Gasteiger partial charge >= 0.3 is 0 Å². The molecule has 1 heterocycles. The van der Waals surface area contributed by atoms with Crippen LogP contribution in [0.5, 0.6) is 0 Å². The van der Waals surface area contributed by atoms with Crippen LogP contribution in [0.25, 0.3) is 0 Å². The second-order valence-electron chi connectivity index (χ2n) is 5.96. The SMILES string of the molecule is C[C@@]12Cc3ccccc3[C@]1(C)Nc1ccccc12. The molecule has 18 heavy (non-hydrogen) atoms. The number of para-hydroxylation sites is 1. The summed E-state index contributed by atoms with van der Waals surface area (Å²) in [5, 5.41) is 3.77. The molecule has 0 radical (unpaired) electrons. The van der Waals surface area contributed by atoms with Crippen molar-refractivity contribution in [1.82, 2.24) is 0 Å². The number of hydrogen-bond acceptors (Lipinski definition) is 1. The average molecular weight is 235 g/mol. The van der Waals surface area contributed by atoms with Crippen LogP contribution in [0.4, 0.5) is 5.69 Å². The lowest BCUT2D eigenvalue weighted by atomic mass is 9.71. The van der Waals surface area contributed by atoms with Gasteiger partial charge in [0.05, 0.1) is 5.54 Å². The van der Waals surface area contributed by atoms with Crippen LogP contribution in [0.15, 0.2) is 48.5 Å². The zero-order chi connectivity index (χ0) is 12.4. The fraction of sp³-hybridized carbons (Fsp3) is 0.294. The Hall–Kier alpha value is -1.76. The van der Waals surface area contributed by atoms with E-state index < -0.39 is 0 Å². The molecule has 2 aliphatic rings. The summed E-state index contributed by atoms with van der Waals surface area (Å²) in [5.41, 5.74) is 5.93. The largest absolute Gasteiger partial charge is 0.375 e. The highest BCUT2D eigenvalue weighted by atomic mass is 15.1. The molecule has 2 aromatic rings. The molecule has 1 nitrogen and oxygen atoms in total. The Morgan fingerprint density at radius 1 is 0.889 bits per heavy atom. The fourth-order valence-electron chi connectivity index (χ4n) is 3.93. The second kappa shape index (κ2) is 2.97. The van der Waals surface area contributed by atoms with E-state index in [9.17, 15) is 0 Å². The third kappa shape index (κ3) is 0.951. The second-order valence-corrected chi connectivity index (χ2v) is 5.96. The van der Waals surface area contributed by atoms with E-state index in [0.717, 1.165) is 6.42 Å². The molecular weight excluding hydrogens is 218 g/mol. The van der Waals surface area contributed by atoms with Gasteiger partial charge in [-0.1, -0.05) is 49.4 Å². The van der Waals surface area contributed by atoms with Gasteiger partial charge in [-0.3, -0.25) is 0 Å². The maximum Gasteiger partial charge on any atom is 0.0697 e. The first-order chi connectivity index (χ1) is 8.65. The van der Waals surface area contributed by atoms with E-state index in [1.807, 2.05) is 0 Å². The topological polar surface area (TPSA) is 12.0 Å². The van der Waals surface area contributed by atoms with Crippen molar-refractivity contribution in [3.63, 3.8) is 0 Å². The van der Waals surface area contributed by atoms with Crippen LogP contribution in [0, 0.1) is 0 Å². The number of rotatable bonds is 0. The third-order valence-electron chi connectivity index (χ3n) is 5.11. The van der Waals surface area contributed by atoms with E-state index >= 15 is 0 Å². The van der Waals surface area contributed by atoms with E-state index in [-0.39, 0.29) is 11.0 Å². The molecule has 0 spiro atoms.